The van der Waals surface area contributed by atoms with Gasteiger partial charge in [-0.05, 0) is 56.4 Å². The number of carbonyl (C=O) groups is 4. The molecule has 162 valence electrons. The molecule has 0 radical (unpaired) electrons. The molecule has 3 atom stereocenters. The largest absolute Gasteiger partial charge is 0.452 e. The fourth-order valence-electron chi connectivity index (χ4n) is 4.21. The Morgan fingerprint density at radius 3 is 2.55 bits per heavy atom. The van der Waals surface area contributed by atoms with Crippen molar-refractivity contribution in [1.29, 1.82) is 0 Å². The van der Waals surface area contributed by atoms with Crippen molar-refractivity contribution in [3.05, 3.63) is 41.7 Å². The smallest absolute Gasteiger partial charge is 0.338 e. The molecule has 3 amide bonds. The molecule has 2 aliphatic rings. The molecule has 31 heavy (non-hydrogen) atoms. The van der Waals surface area contributed by atoms with Gasteiger partial charge in [-0.15, -0.1) is 0 Å². The molecule has 0 unspecified atom stereocenters. The summed E-state index contributed by atoms with van der Waals surface area (Å²) in [6, 6.07) is 7.58. The first-order valence-corrected chi connectivity index (χ1v) is 10.2. The maximum Gasteiger partial charge on any atom is 0.338 e. The average Bonchev–Trinajstić information content (AvgIpc) is 3.26. The van der Waals surface area contributed by atoms with Crippen LogP contribution in [0.3, 0.4) is 0 Å². The number of anilines is 2. The van der Waals surface area contributed by atoms with E-state index in [4.69, 9.17) is 9.26 Å². The molecule has 1 aliphatic heterocycles. The minimum absolute atomic E-state index is 0.169. The number of aromatic nitrogens is 1. The molecule has 9 heteroatoms. The third-order valence-electron chi connectivity index (χ3n) is 5.78. The van der Waals surface area contributed by atoms with Gasteiger partial charge in [-0.25, -0.2) is 4.79 Å². The summed E-state index contributed by atoms with van der Waals surface area (Å²) in [7, 11) is 0. The van der Waals surface area contributed by atoms with E-state index in [0.29, 0.717) is 17.4 Å². The van der Waals surface area contributed by atoms with Gasteiger partial charge in [-0.2, -0.15) is 0 Å². The van der Waals surface area contributed by atoms with E-state index < -0.39 is 18.5 Å². The van der Waals surface area contributed by atoms with E-state index in [1.54, 1.807) is 19.1 Å². The number of carbonyl (C=O) groups excluding carboxylic acids is 4. The van der Waals surface area contributed by atoms with E-state index in [2.05, 4.69) is 17.4 Å². The molecule has 4 rings (SSSR count). The molecule has 2 fully saturated rings. The van der Waals surface area contributed by atoms with Crippen LogP contribution in [0.2, 0.25) is 0 Å². The van der Waals surface area contributed by atoms with Gasteiger partial charge < -0.3 is 14.6 Å². The summed E-state index contributed by atoms with van der Waals surface area (Å²) in [5.74, 6) is -0.889. The Bertz CT molecular complexity index is 1030. The number of rotatable bonds is 5. The topological polar surface area (TPSA) is 119 Å². The predicted molar refractivity (Wildman–Crippen MR) is 109 cm³/mol. The Hall–Kier alpha value is -3.49. The van der Waals surface area contributed by atoms with Gasteiger partial charge in [0.25, 0.3) is 5.91 Å². The van der Waals surface area contributed by atoms with Gasteiger partial charge in [0, 0.05) is 6.07 Å². The van der Waals surface area contributed by atoms with Crippen molar-refractivity contribution in [2.24, 2.45) is 17.8 Å². The van der Waals surface area contributed by atoms with Crippen LogP contribution >= 0.6 is 0 Å². The molecule has 1 aromatic heterocycles. The lowest BCUT2D eigenvalue weighted by Crippen LogP contribution is -2.30. The highest BCUT2D eigenvalue weighted by atomic mass is 16.5. The van der Waals surface area contributed by atoms with Crippen LogP contribution in [0.4, 0.5) is 11.5 Å². The van der Waals surface area contributed by atoms with Crippen LogP contribution in [-0.4, -0.2) is 35.5 Å². The fraction of sp³-hybridized carbons (Fsp3) is 0.409. The SMILES string of the molecule is Cc1cc(NC(=O)COC(=O)c2ccc(N3C(=O)[C@@H]4CC[C@H](C)C[C@H]4C3=O)cc2)no1. The minimum atomic E-state index is -0.695. The first-order valence-electron chi connectivity index (χ1n) is 10.2. The molecule has 1 aromatic carbocycles. The van der Waals surface area contributed by atoms with Crippen molar-refractivity contribution in [2.75, 3.05) is 16.8 Å². The number of aryl methyl sites for hydroxylation is 1. The second-order valence-corrected chi connectivity index (χ2v) is 8.14. The number of nitrogens with one attached hydrogen (secondary N) is 1. The number of fused-ring (bicyclic) bond motifs is 1. The molecule has 1 N–H and O–H groups in total. The molecular formula is C22H23N3O6. The zero-order valence-electron chi connectivity index (χ0n) is 17.3. The third kappa shape index (κ3) is 4.21. The first-order chi connectivity index (χ1) is 14.8. The number of benzene rings is 1. The van der Waals surface area contributed by atoms with Crippen LogP contribution in [-0.2, 0) is 19.1 Å². The third-order valence-corrected chi connectivity index (χ3v) is 5.78. The van der Waals surface area contributed by atoms with Crippen molar-refractivity contribution < 1.29 is 28.4 Å². The molecule has 9 nitrogen and oxygen atoms in total. The van der Waals surface area contributed by atoms with E-state index in [1.807, 2.05) is 0 Å². The van der Waals surface area contributed by atoms with E-state index in [1.165, 1.54) is 23.1 Å². The van der Waals surface area contributed by atoms with Gasteiger partial charge in [-0.3, -0.25) is 19.3 Å². The van der Waals surface area contributed by atoms with Gasteiger partial charge in [-0.1, -0.05) is 12.1 Å². The zero-order chi connectivity index (χ0) is 22.1. The number of hydrogen-bond donors (Lipinski definition) is 1. The fourth-order valence-corrected chi connectivity index (χ4v) is 4.21. The van der Waals surface area contributed by atoms with Gasteiger partial charge in [0.15, 0.2) is 12.4 Å². The summed E-state index contributed by atoms with van der Waals surface area (Å²) in [4.78, 5) is 50.9. The summed E-state index contributed by atoms with van der Waals surface area (Å²) in [6.45, 7) is 3.30. The number of amides is 3. The summed E-state index contributed by atoms with van der Waals surface area (Å²) in [5, 5.41) is 6.07. The summed E-state index contributed by atoms with van der Waals surface area (Å²) >= 11 is 0. The minimum Gasteiger partial charge on any atom is -0.452 e. The Morgan fingerprint density at radius 1 is 1.16 bits per heavy atom. The second-order valence-electron chi connectivity index (χ2n) is 8.14. The summed E-state index contributed by atoms with van der Waals surface area (Å²) < 4.78 is 9.85. The molecule has 0 spiro atoms. The predicted octanol–water partition coefficient (Wildman–Crippen LogP) is 2.70. The molecule has 2 aromatic rings. The Balaban J connectivity index is 1.36. The Morgan fingerprint density at radius 2 is 1.87 bits per heavy atom. The van der Waals surface area contributed by atoms with Crippen molar-refractivity contribution in [2.45, 2.75) is 33.1 Å². The van der Waals surface area contributed by atoms with Crippen LogP contribution in [0.1, 0.15) is 42.3 Å². The van der Waals surface area contributed by atoms with Crippen LogP contribution in [0.5, 0.6) is 0 Å². The average molecular weight is 425 g/mol. The molecule has 0 bridgehead atoms. The molecule has 1 saturated carbocycles. The van der Waals surface area contributed by atoms with Crippen molar-refractivity contribution in [3.63, 3.8) is 0 Å². The normalized spacial score (nSPS) is 22.9. The lowest BCUT2D eigenvalue weighted by Gasteiger charge is -2.25. The standard InChI is InChI=1S/C22H23N3O6/c1-12-3-8-16-17(9-12)21(28)25(20(16)27)15-6-4-14(5-7-15)22(29)30-11-19(26)23-18-10-13(2)31-24-18/h4-7,10,12,16-17H,3,8-9,11H2,1-2H3,(H,23,24,26)/t12-,16+,17+/m0/s1. The number of nitrogens with zero attached hydrogens (tertiary/aromatic N) is 2. The highest BCUT2D eigenvalue weighted by Crippen LogP contribution is 2.42. The van der Waals surface area contributed by atoms with Gasteiger partial charge in [0.05, 0.1) is 23.1 Å². The number of ether oxygens (including phenoxy) is 1. The van der Waals surface area contributed by atoms with Crippen LogP contribution in [0, 0.1) is 24.7 Å². The maximum absolute atomic E-state index is 12.8. The van der Waals surface area contributed by atoms with Gasteiger partial charge in [0.1, 0.15) is 5.76 Å². The number of esters is 1. The number of imide groups is 1. The quantitative estimate of drug-likeness (QED) is 0.578. The summed E-state index contributed by atoms with van der Waals surface area (Å²) in [6.07, 6.45) is 2.40. The lowest BCUT2D eigenvalue weighted by molar-refractivity contribution is -0.122. The van der Waals surface area contributed by atoms with Crippen LogP contribution in [0.15, 0.2) is 34.9 Å². The van der Waals surface area contributed by atoms with Gasteiger partial charge >= 0.3 is 5.97 Å². The Kier molecular flexibility index (Phi) is 5.58. The second kappa shape index (κ2) is 8.33. The molecule has 1 saturated heterocycles. The number of hydrogen-bond acceptors (Lipinski definition) is 7. The lowest BCUT2D eigenvalue weighted by atomic mass is 9.76. The zero-order valence-corrected chi connectivity index (χ0v) is 17.3. The van der Waals surface area contributed by atoms with E-state index in [0.717, 1.165) is 19.3 Å². The monoisotopic (exact) mass is 425 g/mol. The van der Waals surface area contributed by atoms with E-state index in [-0.39, 0.29) is 35.0 Å². The van der Waals surface area contributed by atoms with Crippen LogP contribution < -0.4 is 10.2 Å². The molecular weight excluding hydrogens is 402 g/mol. The van der Waals surface area contributed by atoms with Crippen molar-refractivity contribution in [3.8, 4) is 0 Å². The van der Waals surface area contributed by atoms with Crippen molar-refractivity contribution in [1.82, 2.24) is 5.16 Å². The Labute approximate surface area is 178 Å². The van der Waals surface area contributed by atoms with E-state index >= 15 is 0 Å². The summed E-state index contributed by atoms with van der Waals surface area (Å²) in [5.41, 5.74) is 0.645. The first kappa shape index (κ1) is 20.8. The molecule has 2 heterocycles. The maximum atomic E-state index is 12.8. The van der Waals surface area contributed by atoms with Gasteiger partial charge in [0.2, 0.25) is 11.8 Å². The van der Waals surface area contributed by atoms with Crippen molar-refractivity contribution >= 4 is 35.2 Å². The highest BCUT2D eigenvalue weighted by molar-refractivity contribution is 6.22. The van der Waals surface area contributed by atoms with E-state index in [9.17, 15) is 19.2 Å². The van der Waals surface area contributed by atoms with Crippen LogP contribution in [0.25, 0.3) is 0 Å². The molecule has 1 aliphatic carbocycles. The highest BCUT2D eigenvalue weighted by Gasteiger charge is 2.49.